The van der Waals surface area contributed by atoms with Crippen LogP contribution in [0.3, 0.4) is 0 Å². The summed E-state index contributed by atoms with van der Waals surface area (Å²) in [5.74, 6) is 7.31. The van der Waals surface area contributed by atoms with Crippen LogP contribution in [0, 0.1) is 0 Å². The van der Waals surface area contributed by atoms with Crippen molar-refractivity contribution in [3.63, 3.8) is 0 Å². The molecule has 0 saturated heterocycles. The van der Waals surface area contributed by atoms with E-state index in [1.807, 2.05) is 36.4 Å². The number of nitrogens with two attached hydrogens (primary N) is 1. The van der Waals surface area contributed by atoms with Crippen LogP contribution in [0.5, 0.6) is 6.01 Å². The van der Waals surface area contributed by atoms with Crippen molar-refractivity contribution < 1.29 is 4.74 Å². The van der Waals surface area contributed by atoms with Crippen molar-refractivity contribution in [1.82, 2.24) is 20.0 Å². The van der Waals surface area contributed by atoms with E-state index in [0.717, 1.165) is 5.75 Å². The molecule has 1 aromatic carbocycles. The van der Waals surface area contributed by atoms with Gasteiger partial charge < -0.3 is 9.75 Å². The van der Waals surface area contributed by atoms with E-state index in [0.29, 0.717) is 17.0 Å². The van der Waals surface area contributed by atoms with E-state index in [-0.39, 0.29) is 18.4 Å². The fraction of sp³-hybridized carbons (Fsp3) is 0.188. The highest BCUT2D eigenvalue weighted by atomic mass is 35.5. The number of methoxy groups -OCH3 is 1. The van der Waals surface area contributed by atoms with Gasteiger partial charge in [-0.2, -0.15) is 9.97 Å². The first-order valence-corrected chi connectivity index (χ1v) is 8.09. The Balaban J connectivity index is 0.00000208. The Morgan fingerprint density at radius 2 is 1.96 bits per heavy atom. The van der Waals surface area contributed by atoms with Crippen LogP contribution in [-0.2, 0) is 5.75 Å². The van der Waals surface area contributed by atoms with Crippen molar-refractivity contribution in [2.45, 2.75) is 17.0 Å². The van der Waals surface area contributed by atoms with Gasteiger partial charge in [-0.3, -0.25) is 0 Å². The summed E-state index contributed by atoms with van der Waals surface area (Å²) < 4.78 is 5.20. The minimum absolute atomic E-state index is 0. The molecule has 0 saturated carbocycles. The van der Waals surface area contributed by atoms with Crippen LogP contribution in [0.4, 0.5) is 0 Å². The third-order valence-electron chi connectivity index (χ3n) is 3.25. The number of halogens is 1. The van der Waals surface area contributed by atoms with Gasteiger partial charge in [-0.15, -0.1) is 12.4 Å². The van der Waals surface area contributed by atoms with Crippen molar-refractivity contribution in [1.29, 1.82) is 0 Å². The maximum atomic E-state index is 5.96. The Morgan fingerprint density at radius 3 is 2.67 bits per heavy atom. The molecule has 24 heavy (non-hydrogen) atoms. The van der Waals surface area contributed by atoms with Gasteiger partial charge in [0.2, 0.25) is 0 Å². The monoisotopic (exact) mass is 363 g/mol. The Kier molecular flexibility index (Phi) is 6.60. The summed E-state index contributed by atoms with van der Waals surface area (Å²) in [6.45, 7) is 0. The van der Waals surface area contributed by atoms with Crippen molar-refractivity contribution in [3.8, 4) is 6.01 Å². The molecule has 126 valence electrons. The number of rotatable bonds is 5. The van der Waals surface area contributed by atoms with Crippen molar-refractivity contribution in [2.75, 3.05) is 7.11 Å². The first-order chi connectivity index (χ1) is 11.3. The first kappa shape index (κ1) is 18.3. The lowest BCUT2D eigenvalue weighted by Gasteiger charge is -2.24. The standard InChI is InChI=1S/C16H17N5OS.ClH/c1-22-15-18-14(13-9-5-6-10-21(13)17)19-16(20-15)23-11-12-7-3-2-4-8-12;/h2-10,13H,11,17H2,1H3;1H. The number of hydrazine groups is 1. The molecule has 0 amide bonds. The summed E-state index contributed by atoms with van der Waals surface area (Å²) in [5.41, 5.74) is 1.21. The van der Waals surface area contributed by atoms with Gasteiger partial charge in [0.1, 0.15) is 6.04 Å². The van der Waals surface area contributed by atoms with E-state index in [1.165, 1.54) is 17.3 Å². The number of allylic oxidation sites excluding steroid dienone is 2. The fourth-order valence-electron chi connectivity index (χ4n) is 2.09. The highest BCUT2D eigenvalue weighted by Crippen LogP contribution is 2.25. The topological polar surface area (TPSA) is 77.2 Å². The van der Waals surface area contributed by atoms with E-state index in [2.05, 4.69) is 27.1 Å². The summed E-state index contributed by atoms with van der Waals surface area (Å²) in [5, 5.41) is 2.17. The highest BCUT2D eigenvalue weighted by molar-refractivity contribution is 7.98. The molecule has 6 nitrogen and oxygen atoms in total. The third-order valence-corrected chi connectivity index (χ3v) is 4.17. The van der Waals surface area contributed by atoms with Crippen LogP contribution in [0.1, 0.15) is 17.4 Å². The molecule has 1 aromatic heterocycles. The smallest absolute Gasteiger partial charge is 0.320 e. The van der Waals surface area contributed by atoms with E-state index < -0.39 is 0 Å². The number of benzene rings is 1. The molecule has 2 heterocycles. The number of aromatic nitrogens is 3. The fourth-order valence-corrected chi connectivity index (χ4v) is 2.88. The van der Waals surface area contributed by atoms with Gasteiger partial charge >= 0.3 is 6.01 Å². The average Bonchev–Trinajstić information content (AvgIpc) is 2.61. The van der Waals surface area contributed by atoms with Gasteiger partial charge in [0.05, 0.1) is 7.11 Å². The Labute approximate surface area is 151 Å². The van der Waals surface area contributed by atoms with Crippen LogP contribution in [-0.4, -0.2) is 27.1 Å². The van der Waals surface area contributed by atoms with Crippen molar-refractivity contribution >= 4 is 24.2 Å². The van der Waals surface area contributed by atoms with Crippen LogP contribution >= 0.6 is 24.2 Å². The predicted molar refractivity (Wildman–Crippen MR) is 96.7 cm³/mol. The second-order valence-electron chi connectivity index (χ2n) is 4.86. The average molecular weight is 364 g/mol. The van der Waals surface area contributed by atoms with Gasteiger partial charge in [-0.25, -0.2) is 10.8 Å². The molecule has 0 spiro atoms. The number of nitrogens with zero attached hydrogens (tertiary/aromatic N) is 4. The van der Waals surface area contributed by atoms with Gasteiger partial charge in [0, 0.05) is 12.0 Å². The van der Waals surface area contributed by atoms with Gasteiger partial charge in [0.25, 0.3) is 0 Å². The van der Waals surface area contributed by atoms with E-state index in [1.54, 1.807) is 18.3 Å². The normalized spacial score (nSPS) is 15.9. The molecule has 1 atom stereocenters. The zero-order valence-corrected chi connectivity index (χ0v) is 14.7. The first-order valence-electron chi connectivity index (χ1n) is 7.11. The Bertz CT molecular complexity index is 726. The van der Waals surface area contributed by atoms with Crippen LogP contribution in [0.25, 0.3) is 0 Å². The Hall–Kier alpha value is -2.09. The highest BCUT2D eigenvalue weighted by Gasteiger charge is 2.20. The predicted octanol–water partition coefficient (Wildman–Crippen LogP) is 2.89. The summed E-state index contributed by atoms with van der Waals surface area (Å²) >= 11 is 1.54. The third kappa shape index (κ3) is 4.47. The summed E-state index contributed by atoms with van der Waals surface area (Å²) in [7, 11) is 1.54. The second kappa shape index (κ2) is 8.68. The van der Waals surface area contributed by atoms with E-state index in [9.17, 15) is 0 Å². The number of ether oxygens (including phenoxy) is 1. The minimum atomic E-state index is -0.229. The molecule has 8 heteroatoms. The summed E-state index contributed by atoms with van der Waals surface area (Å²) in [4.78, 5) is 13.1. The molecule has 0 bridgehead atoms. The maximum Gasteiger partial charge on any atom is 0.320 e. The van der Waals surface area contributed by atoms with E-state index in [4.69, 9.17) is 10.6 Å². The molecule has 3 rings (SSSR count). The number of hydrogen-bond acceptors (Lipinski definition) is 7. The van der Waals surface area contributed by atoms with Crippen LogP contribution in [0.15, 0.2) is 59.9 Å². The van der Waals surface area contributed by atoms with Gasteiger partial charge in [-0.05, 0) is 11.6 Å². The van der Waals surface area contributed by atoms with Crippen LogP contribution in [0.2, 0.25) is 0 Å². The molecular formula is C16H18ClN5OS. The van der Waals surface area contributed by atoms with Gasteiger partial charge in [-0.1, -0.05) is 54.2 Å². The van der Waals surface area contributed by atoms with E-state index >= 15 is 0 Å². The van der Waals surface area contributed by atoms with Crippen molar-refractivity contribution in [2.24, 2.45) is 5.84 Å². The maximum absolute atomic E-state index is 5.96. The zero-order chi connectivity index (χ0) is 16.1. The lowest BCUT2D eigenvalue weighted by molar-refractivity contribution is 0.309. The largest absolute Gasteiger partial charge is 0.467 e. The zero-order valence-electron chi connectivity index (χ0n) is 13.1. The SMILES string of the molecule is COc1nc(SCc2ccccc2)nc(C2C=CC=CN2N)n1.Cl. The Morgan fingerprint density at radius 1 is 1.17 bits per heavy atom. The quantitative estimate of drug-likeness (QED) is 0.646. The molecule has 0 fully saturated rings. The van der Waals surface area contributed by atoms with Crippen molar-refractivity contribution in [3.05, 3.63) is 66.1 Å². The minimum Gasteiger partial charge on any atom is -0.467 e. The lowest BCUT2D eigenvalue weighted by atomic mass is 10.2. The molecule has 2 N–H and O–H groups in total. The van der Waals surface area contributed by atoms with Gasteiger partial charge in [0.15, 0.2) is 11.0 Å². The molecule has 2 aromatic rings. The molecule has 0 radical (unpaired) electrons. The summed E-state index contributed by atoms with van der Waals surface area (Å²) in [6, 6.07) is 10.2. The molecular weight excluding hydrogens is 346 g/mol. The lowest BCUT2D eigenvalue weighted by Crippen LogP contribution is -2.31. The van der Waals surface area contributed by atoms with Crippen LogP contribution < -0.4 is 10.6 Å². The number of thioether (sulfide) groups is 1. The molecule has 1 aliphatic heterocycles. The molecule has 0 aliphatic carbocycles. The molecule has 1 aliphatic rings. The number of hydrogen-bond donors (Lipinski definition) is 1. The summed E-state index contributed by atoms with van der Waals surface area (Å²) in [6.07, 6.45) is 7.49. The second-order valence-corrected chi connectivity index (χ2v) is 5.80. The molecule has 1 unspecified atom stereocenters.